The van der Waals surface area contributed by atoms with Crippen LogP contribution in [0.2, 0.25) is 5.02 Å². The van der Waals surface area contributed by atoms with Crippen molar-refractivity contribution in [1.29, 1.82) is 0 Å². The Morgan fingerprint density at radius 2 is 2.22 bits per heavy atom. The molecule has 2 N–H and O–H groups in total. The van der Waals surface area contributed by atoms with Gasteiger partial charge in [0, 0.05) is 29.4 Å². The highest BCUT2D eigenvalue weighted by Crippen LogP contribution is 2.32. The summed E-state index contributed by atoms with van der Waals surface area (Å²) in [7, 11) is 2.17. The first-order chi connectivity index (χ1) is 8.68. The third-order valence-electron chi connectivity index (χ3n) is 3.86. The van der Waals surface area contributed by atoms with Crippen LogP contribution >= 0.6 is 23.4 Å². The van der Waals surface area contributed by atoms with Crippen LogP contribution in [-0.4, -0.2) is 35.5 Å². The van der Waals surface area contributed by atoms with E-state index in [4.69, 9.17) is 17.3 Å². The first-order valence-corrected chi connectivity index (χ1v) is 7.94. The van der Waals surface area contributed by atoms with Gasteiger partial charge in [0.25, 0.3) is 0 Å². The van der Waals surface area contributed by atoms with Crippen LogP contribution in [0.1, 0.15) is 18.4 Å². The van der Waals surface area contributed by atoms with Gasteiger partial charge in [-0.2, -0.15) is 11.8 Å². The van der Waals surface area contributed by atoms with E-state index in [1.807, 2.05) is 30.0 Å². The second-order valence-electron chi connectivity index (χ2n) is 5.03. The average molecular weight is 285 g/mol. The lowest BCUT2D eigenvalue weighted by Gasteiger charge is -2.43. The van der Waals surface area contributed by atoms with Gasteiger partial charge in [0.2, 0.25) is 0 Å². The summed E-state index contributed by atoms with van der Waals surface area (Å²) in [6, 6.07) is 8.06. The number of rotatable bonds is 4. The summed E-state index contributed by atoms with van der Waals surface area (Å²) in [5, 5.41) is 0.847. The Morgan fingerprint density at radius 3 is 2.83 bits per heavy atom. The molecule has 1 heterocycles. The van der Waals surface area contributed by atoms with Crippen molar-refractivity contribution in [2.75, 3.05) is 25.1 Å². The Hall–Kier alpha value is -0.220. The largest absolute Gasteiger partial charge is 0.329 e. The van der Waals surface area contributed by atoms with Crippen LogP contribution in [0.3, 0.4) is 0 Å². The van der Waals surface area contributed by atoms with Crippen molar-refractivity contribution in [3.63, 3.8) is 0 Å². The van der Waals surface area contributed by atoms with Gasteiger partial charge in [-0.15, -0.1) is 0 Å². The van der Waals surface area contributed by atoms with Gasteiger partial charge in [0.05, 0.1) is 0 Å². The molecule has 0 aliphatic carbocycles. The molecule has 0 amide bonds. The summed E-state index contributed by atoms with van der Waals surface area (Å²) in [5.74, 6) is 2.39. The molecule has 1 unspecified atom stereocenters. The Labute approximate surface area is 119 Å². The fourth-order valence-corrected chi connectivity index (χ4v) is 4.06. The lowest BCUT2D eigenvalue weighted by Crippen LogP contribution is -2.55. The molecule has 1 aliphatic rings. The van der Waals surface area contributed by atoms with Gasteiger partial charge in [-0.1, -0.05) is 29.8 Å². The van der Waals surface area contributed by atoms with E-state index in [2.05, 4.69) is 18.0 Å². The fraction of sp³-hybridized carbons (Fsp3) is 0.571. The number of benzene rings is 1. The molecule has 1 aromatic carbocycles. The van der Waals surface area contributed by atoms with Crippen LogP contribution in [-0.2, 0) is 6.54 Å². The van der Waals surface area contributed by atoms with Crippen molar-refractivity contribution in [2.24, 2.45) is 5.73 Å². The number of likely N-dealkylation sites (N-methyl/N-ethyl adjacent to an activating group) is 1. The van der Waals surface area contributed by atoms with Gasteiger partial charge in [0.1, 0.15) is 0 Å². The summed E-state index contributed by atoms with van der Waals surface area (Å²) >= 11 is 8.25. The summed E-state index contributed by atoms with van der Waals surface area (Å²) in [5.41, 5.74) is 7.37. The van der Waals surface area contributed by atoms with E-state index in [1.54, 1.807) is 0 Å². The van der Waals surface area contributed by atoms with E-state index < -0.39 is 0 Å². The average Bonchev–Trinajstić information content (AvgIpc) is 2.42. The minimum absolute atomic E-state index is 0.141. The van der Waals surface area contributed by atoms with Gasteiger partial charge < -0.3 is 5.73 Å². The first kappa shape index (κ1) is 14.2. The maximum Gasteiger partial charge on any atom is 0.0451 e. The molecule has 0 aromatic heterocycles. The Balaban J connectivity index is 2.10. The number of nitrogens with zero attached hydrogens (tertiary/aromatic N) is 1. The second-order valence-corrected chi connectivity index (χ2v) is 6.54. The van der Waals surface area contributed by atoms with Crippen molar-refractivity contribution in [1.82, 2.24) is 4.90 Å². The molecule has 1 saturated heterocycles. The first-order valence-electron chi connectivity index (χ1n) is 6.40. The van der Waals surface area contributed by atoms with E-state index in [9.17, 15) is 0 Å². The molecule has 1 fully saturated rings. The SMILES string of the molecule is CN(Cc1ccccc1Cl)C1(CN)CCCSC1. The van der Waals surface area contributed by atoms with Crippen molar-refractivity contribution in [2.45, 2.75) is 24.9 Å². The Morgan fingerprint density at radius 1 is 1.44 bits per heavy atom. The van der Waals surface area contributed by atoms with Crippen molar-refractivity contribution in [3.8, 4) is 0 Å². The van der Waals surface area contributed by atoms with E-state index in [-0.39, 0.29) is 5.54 Å². The highest BCUT2D eigenvalue weighted by molar-refractivity contribution is 7.99. The fourth-order valence-electron chi connectivity index (χ4n) is 2.51. The molecule has 2 rings (SSSR count). The quantitative estimate of drug-likeness (QED) is 0.922. The van der Waals surface area contributed by atoms with Gasteiger partial charge in [-0.05, 0) is 37.3 Å². The molecule has 100 valence electrons. The summed E-state index contributed by atoms with van der Waals surface area (Å²) in [6.07, 6.45) is 2.45. The van der Waals surface area contributed by atoms with Crippen LogP contribution in [0.15, 0.2) is 24.3 Å². The van der Waals surface area contributed by atoms with E-state index in [1.165, 1.54) is 24.2 Å². The maximum absolute atomic E-state index is 6.23. The number of halogens is 1. The smallest absolute Gasteiger partial charge is 0.0451 e. The van der Waals surface area contributed by atoms with Crippen molar-refractivity contribution >= 4 is 23.4 Å². The van der Waals surface area contributed by atoms with Gasteiger partial charge in [-0.25, -0.2) is 0 Å². The van der Waals surface area contributed by atoms with Gasteiger partial charge in [0.15, 0.2) is 0 Å². The number of thioether (sulfide) groups is 1. The highest BCUT2D eigenvalue weighted by Gasteiger charge is 2.35. The van der Waals surface area contributed by atoms with Crippen LogP contribution in [0, 0.1) is 0 Å². The third-order valence-corrected chi connectivity index (χ3v) is 5.54. The monoisotopic (exact) mass is 284 g/mol. The zero-order valence-corrected chi connectivity index (χ0v) is 12.4. The number of nitrogens with two attached hydrogens (primary N) is 1. The van der Waals surface area contributed by atoms with E-state index >= 15 is 0 Å². The molecule has 1 atom stereocenters. The Bertz CT molecular complexity index is 391. The maximum atomic E-state index is 6.23. The second kappa shape index (κ2) is 6.29. The standard InChI is InChI=1S/C14H21ClN2S/c1-17(9-12-5-2-3-6-13(12)15)14(10-16)7-4-8-18-11-14/h2-3,5-6H,4,7-11,16H2,1H3. The normalized spacial score (nSPS) is 24.4. The molecule has 18 heavy (non-hydrogen) atoms. The molecule has 4 heteroatoms. The van der Waals surface area contributed by atoms with Crippen molar-refractivity contribution < 1.29 is 0 Å². The molecule has 1 aliphatic heterocycles. The zero-order valence-electron chi connectivity index (χ0n) is 10.9. The van der Waals surface area contributed by atoms with E-state index in [0.717, 1.165) is 23.9 Å². The van der Waals surface area contributed by atoms with Gasteiger partial charge >= 0.3 is 0 Å². The topological polar surface area (TPSA) is 29.3 Å². The highest BCUT2D eigenvalue weighted by atomic mass is 35.5. The molecule has 0 bridgehead atoms. The molecule has 2 nitrogen and oxygen atoms in total. The summed E-state index contributed by atoms with van der Waals surface area (Å²) in [6.45, 7) is 1.60. The predicted molar refractivity (Wildman–Crippen MR) is 81.3 cm³/mol. The molecular weight excluding hydrogens is 264 g/mol. The predicted octanol–water partition coefficient (Wildman–Crippen LogP) is 3.00. The zero-order chi connectivity index (χ0) is 13.0. The molecule has 0 radical (unpaired) electrons. The lowest BCUT2D eigenvalue weighted by molar-refractivity contribution is 0.127. The molecule has 1 aromatic rings. The van der Waals surface area contributed by atoms with Crippen LogP contribution in [0.4, 0.5) is 0 Å². The minimum Gasteiger partial charge on any atom is -0.329 e. The summed E-state index contributed by atoms with van der Waals surface area (Å²) < 4.78 is 0. The minimum atomic E-state index is 0.141. The Kier molecular flexibility index (Phi) is 4.96. The third kappa shape index (κ3) is 3.02. The lowest BCUT2D eigenvalue weighted by atomic mass is 9.93. The number of hydrogen-bond donors (Lipinski definition) is 1. The van der Waals surface area contributed by atoms with Crippen LogP contribution in [0.25, 0.3) is 0 Å². The van der Waals surface area contributed by atoms with Crippen LogP contribution < -0.4 is 5.73 Å². The van der Waals surface area contributed by atoms with Crippen molar-refractivity contribution in [3.05, 3.63) is 34.9 Å². The summed E-state index contributed by atoms with van der Waals surface area (Å²) in [4.78, 5) is 2.39. The molecule has 0 spiro atoms. The molecular formula is C14H21ClN2S. The number of hydrogen-bond acceptors (Lipinski definition) is 3. The van der Waals surface area contributed by atoms with E-state index in [0.29, 0.717) is 0 Å². The molecule has 0 saturated carbocycles. The van der Waals surface area contributed by atoms with Gasteiger partial charge in [-0.3, -0.25) is 4.90 Å². The van der Waals surface area contributed by atoms with Crippen LogP contribution in [0.5, 0.6) is 0 Å².